The van der Waals surface area contributed by atoms with Crippen molar-refractivity contribution in [2.24, 2.45) is 5.92 Å². The van der Waals surface area contributed by atoms with E-state index in [-0.39, 0.29) is 11.3 Å². The maximum absolute atomic E-state index is 12.3. The number of carbonyl (C=O) groups excluding carboxylic acids is 1. The van der Waals surface area contributed by atoms with Crippen molar-refractivity contribution in [3.8, 4) is 11.4 Å². The summed E-state index contributed by atoms with van der Waals surface area (Å²) in [5.41, 5.74) is 4.63. The molecule has 3 aromatic rings. The summed E-state index contributed by atoms with van der Waals surface area (Å²) < 4.78 is 2.14. The first kappa shape index (κ1) is 20.4. The Bertz CT molecular complexity index is 960. The number of halogens is 1. The summed E-state index contributed by atoms with van der Waals surface area (Å²) in [6.45, 7) is 9.67. The molecule has 0 saturated heterocycles. The molecule has 1 amide bonds. The Kier molecular flexibility index (Phi) is 6.40. The zero-order chi connectivity index (χ0) is 20.3. The second-order valence-corrected chi connectivity index (χ2v) is 7.76. The maximum Gasteiger partial charge on any atom is 0.253 e. The van der Waals surface area contributed by atoms with Crippen molar-refractivity contribution in [1.29, 1.82) is 0 Å². The molecule has 0 bridgehead atoms. The lowest BCUT2D eigenvalue weighted by atomic mass is 10.0. The van der Waals surface area contributed by atoms with Gasteiger partial charge in [-0.3, -0.25) is 4.79 Å². The molecular formula is C23H28ClN3O. The fourth-order valence-corrected chi connectivity index (χ4v) is 4.08. The Hall–Kier alpha value is -2.33. The molecular weight excluding hydrogens is 370 g/mol. The predicted octanol–water partition coefficient (Wildman–Crippen LogP) is 5.80. The van der Waals surface area contributed by atoms with Gasteiger partial charge in [0.2, 0.25) is 0 Å². The summed E-state index contributed by atoms with van der Waals surface area (Å²) in [5, 5.41) is 2.98. The lowest BCUT2D eigenvalue weighted by Gasteiger charge is -2.13. The molecule has 2 heterocycles. The van der Waals surface area contributed by atoms with Crippen molar-refractivity contribution in [3.63, 3.8) is 0 Å². The number of imidazole rings is 1. The molecule has 2 aromatic carbocycles. The molecule has 148 valence electrons. The van der Waals surface area contributed by atoms with Crippen molar-refractivity contribution in [2.45, 2.75) is 46.0 Å². The second-order valence-electron chi connectivity index (χ2n) is 7.24. The third-order valence-corrected chi connectivity index (χ3v) is 5.27. The molecule has 0 saturated carbocycles. The van der Waals surface area contributed by atoms with Crippen molar-refractivity contribution >= 4 is 28.5 Å². The molecule has 0 radical (unpaired) electrons. The number of amides is 1. The highest BCUT2D eigenvalue weighted by Crippen LogP contribution is 2.31. The van der Waals surface area contributed by atoms with E-state index in [0.717, 1.165) is 34.4 Å². The van der Waals surface area contributed by atoms with Gasteiger partial charge in [-0.15, -0.1) is 11.6 Å². The monoisotopic (exact) mass is 397 g/mol. The van der Waals surface area contributed by atoms with E-state index in [1.54, 1.807) is 0 Å². The van der Waals surface area contributed by atoms with Crippen LogP contribution in [-0.2, 0) is 6.54 Å². The molecule has 0 aliphatic carbocycles. The summed E-state index contributed by atoms with van der Waals surface area (Å²) in [4.78, 5) is 17.1. The van der Waals surface area contributed by atoms with Gasteiger partial charge in [-0.25, -0.2) is 4.98 Å². The zero-order valence-electron chi connectivity index (χ0n) is 17.0. The molecule has 1 unspecified atom stereocenters. The van der Waals surface area contributed by atoms with Crippen LogP contribution in [0.15, 0.2) is 42.5 Å². The summed E-state index contributed by atoms with van der Waals surface area (Å²) in [6, 6.07) is 14.0. The first-order valence-electron chi connectivity index (χ1n) is 10.1. The molecule has 5 heteroatoms. The molecule has 1 atom stereocenters. The topological polar surface area (TPSA) is 46.9 Å². The van der Waals surface area contributed by atoms with Crippen LogP contribution in [0.1, 0.15) is 55.4 Å². The lowest BCUT2D eigenvalue weighted by Crippen LogP contribution is -2.24. The molecule has 1 aromatic heterocycles. The van der Waals surface area contributed by atoms with E-state index in [0.29, 0.717) is 24.6 Å². The Morgan fingerprint density at radius 1 is 1.14 bits per heavy atom. The van der Waals surface area contributed by atoms with E-state index in [1.165, 1.54) is 0 Å². The molecule has 4 rings (SSSR count). The standard InChI is InChI=1S/C21H22ClN3O.C2H6/c1-13(2)12-17(22)14-6-8-15(9-7-14)20-24-18-5-3-4-16-19(18)25(20)11-10-23-21(16)26;1-2/h3-9,13,17H,10-12H2,1-2H3,(H,23,26);1-2H3. The van der Waals surface area contributed by atoms with Crippen molar-refractivity contribution in [2.75, 3.05) is 6.54 Å². The highest BCUT2D eigenvalue weighted by molar-refractivity contribution is 6.20. The van der Waals surface area contributed by atoms with Crippen LogP contribution in [0.4, 0.5) is 0 Å². The quantitative estimate of drug-likeness (QED) is 0.565. The minimum absolute atomic E-state index is 0.0263. The lowest BCUT2D eigenvalue weighted by molar-refractivity contribution is 0.0956. The van der Waals surface area contributed by atoms with Crippen molar-refractivity contribution in [3.05, 3.63) is 53.6 Å². The van der Waals surface area contributed by atoms with E-state index in [1.807, 2.05) is 32.0 Å². The van der Waals surface area contributed by atoms with E-state index in [9.17, 15) is 4.79 Å². The van der Waals surface area contributed by atoms with Crippen LogP contribution < -0.4 is 5.32 Å². The third kappa shape index (κ3) is 3.93. The molecule has 4 nitrogen and oxygen atoms in total. The number of rotatable bonds is 4. The van der Waals surface area contributed by atoms with E-state index >= 15 is 0 Å². The van der Waals surface area contributed by atoms with Gasteiger partial charge in [-0.2, -0.15) is 0 Å². The first-order chi connectivity index (χ1) is 13.5. The second kappa shape index (κ2) is 8.78. The zero-order valence-corrected chi connectivity index (χ0v) is 17.8. The average Bonchev–Trinajstić information content (AvgIpc) is 2.98. The Morgan fingerprint density at radius 3 is 2.54 bits per heavy atom. The number of nitrogens with one attached hydrogen (secondary N) is 1. The highest BCUT2D eigenvalue weighted by atomic mass is 35.5. The molecule has 0 spiro atoms. The predicted molar refractivity (Wildman–Crippen MR) is 117 cm³/mol. The largest absolute Gasteiger partial charge is 0.350 e. The van der Waals surface area contributed by atoms with Gasteiger partial charge in [0, 0.05) is 18.7 Å². The Balaban J connectivity index is 0.00000109. The minimum atomic E-state index is -0.0326. The smallest absolute Gasteiger partial charge is 0.253 e. The van der Waals surface area contributed by atoms with Crippen LogP contribution in [0.25, 0.3) is 22.4 Å². The summed E-state index contributed by atoms with van der Waals surface area (Å²) in [5.74, 6) is 1.42. The van der Waals surface area contributed by atoms with Crippen molar-refractivity contribution in [1.82, 2.24) is 14.9 Å². The van der Waals surface area contributed by atoms with Crippen LogP contribution in [0, 0.1) is 5.92 Å². The van der Waals surface area contributed by atoms with E-state index in [2.05, 4.69) is 48.0 Å². The summed E-state index contributed by atoms with van der Waals surface area (Å²) >= 11 is 6.52. The number of para-hydroxylation sites is 1. The molecule has 1 aliphatic heterocycles. The van der Waals surface area contributed by atoms with Crippen LogP contribution in [0.5, 0.6) is 0 Å². The van der Waals surface area contributed by atoms with Crippen LogP contribution in [0.2, 0.25) is 0 Å². The number of hydrogen-bond acceptors (Lipinski definition) is 2. The highest BCUT2D eigenvalue weighted by Gasteiger charge is 2.21. The third-order valence-electron chi connectivity index (χ3n) is 4.84. The maximum atomic E-state index is 12.3. The van der Waals surface area contributed by atoms with E-state index in [4.69, 9.17) is 16.6 Å². The SMILES string of the molecule is CC.CC(C)CC(Cl)c1ccc(-c2nc3cccc4c3n2CCNC4=O)cc1. The number of hydrogen-bond donors (Lipinski definition) is 1. The fourth-order valence-electron chi connectivity index (χ4n) is 3.57. The van der Waals surface area contributed by atoms with Crippen LogP contribution >= 0.6 is 11.6 Å². The average molecular weight is 398 g/mol. The first-order valence-corrected chi connectivity index (χ1v) is 10.5. The molecule has 0 fully saturated rings. The van der Waals surface area contributed by atoms with Gasteiger partial charge >= 0.3 is 0 Å². The number of carbonyl (C=O) groups is 1. The number of nitrogens with zero attached hydrogens (tertiary/aromatic N) is 2. The molecule has 1 aliphatic rings. The van der Waals surface area contributed by atoms with Crippen LogP contribution in [0.3, 0.4) is 0 Å². The van der Waals surface area contributed by atoms with Crippen LogP contribution in [-0.4, -0.2) is 22.0 Å². The van der Waals surface area contributed by atoms with Gasteiger partial charge < -0.3 is 9.88 Å². The summed E-state index contributed by atoms with van der Waals surface area (Å²) in [6.07, 6.45) is 0.955. The number of alkyl halides is 1. The van der Waals surface area contributed by atoms with Gasteiger partial charge in [0.25, 0.3) is 5.91 Å². The normalized spacial score (nSPS) is 14.3. The summed E-state index contributed by atoms with van der Waals surface area (Å²) in [7, 11) is 0. The van der Waals surface area contributed by atoms with E-state index < -0.39 is 0 Å². The molecule has 28 heavy (non-hydrogen) atoms. The van der Waals surface area contributed by atoms with Gasteiger partial charge in [0.05, 0.1) is 22.0 Å². The Morgan fingerprint density at radius 2 is 1.86 bits per heavy atom. The fraction of sp³-hybridized carbons (Fsp3) is 0.391. The van der Waals surface area contributed by atoms with Gasteiger partial charge in [0.1, 0.15) is 5.82 Å². The number of aromatic nitrogens is 2. The Labute approximate surface area is 171 Å². The molecule has 1 N–H and O–H groups in total. The van der Waals surface area contributed by atoms with Crippen molar-refractivity contribution < 1.29 is 4.79 Å². The minimum Gasteiger partial charge on any atom is -0.350 e. The van der Waals surface area contributed by atoms with Gasteiger partial charge in [-0.05, 0) is 30.0 Å². The van der Waals surface area contributed by atoms with Gasteiger partial charge in [-0.1, -0.05) is 58.0 Å². The van der Waals surface area contributed by atoms with Gasteiger partial charge in [0.15, 0.2) is 0 Å². The number of benzene rings is 2.